The highest BCUT2D eigenvalue weighted by Gasteiger charge is 2.25. The van der Waals surface area contributed by atoms with Gasteiger partial charge in [-0.25, -0.2) is 0 Å². The number of rotatable bonds is 4. The molecule has 1 saturated heterocycles. The van der Waals surface area contributed by atoms with E-state index < -0.39 is 0 Å². The van der Waals surface area contributed by atoms with Gasteiger partial charge in [-0.2, -0.15) is 4.98 Å². The predicted molar refractivity (Wildman–Crippen MR) is 80.3 cm³/mol. The third-order valence-electron chi connectivity index (χ3n) is 3.82. The summed E-state index contributed by atoms with van der Waals surface area (Å²) in [6.45, 7) is 5.81. The van der Waals surface area contributed by atoms with E-state index in [-0.39, 0.29) is 0 Å². The monoisotopic (exact) mass is 287 g/mol. The second-order valence-corrected chi connectivity index (χ2v) is 5.49. The zero-order valence-corrected chi connectivity index (χ0v) is 12.5. The Hall–Kier alpha value is -1.88. The lowest BCUT2D eigenvalue weighted by atomic mass is 9.93. The largest absolute Gasteiger partial charge is 0.494 e. The summed E-state index contributed by atoms with van der Waals surface area (Å²) in [6, 6.07) is 8.30. The van der Waals surface area contributed by atoms with Gasteiger partial charge in [-0.1, -0.05) is 17.3 Å². The second kappa shape index (κ2) is 6.26. The van der Waals surface area contributed by atoms with Crippen molar-refractivity contribution in [3.05, 3.63) is 30.2 Å². The van der Waals surface area contributed by atoms with Gasteiger partial charge in [-0.3, -0.25) is 0 Å². The molecule has 0 amide bonds. The Morgan fingerprint density at radius 2 is 2.33 bits per heavy atom. The summed E-state index contributed by atoms with van der Waals surface area (Å²) < 4.78 is 11.0. The van der Waals surface area contributed by atoms with Gasteiger partial charge in [-0.05, 0) is 45.4 Å². The third kappa shape index (κ3) is 3.24. The molecule has 1 N–H and O–H groups in total. The molecule has 2 aromatic rings. The summed E-state index contributed by atoms with van der Waals surface area (Å²) in [7, 11) is 0. The van der Waals surface area contributed by atoms with Crippen molar-refractivity contribution in [2.24, 2.45) is 0 Å². The number of hydrogen-bond donors (Lipinski definition) is 1. The van der Waals surface area contributed by atoms with Gasteiger partial charge in [0.2, 0.25) is 11.7 Å². The number of aromatic nitrogens is 2. The van der Waals surface area contributed by atoms with Crippen molar-refractivity contribution in [1.82, 2.24) is 15.5 Å². The third-order valence-corrected chi connectivity index (χ3v) is 3.82. The van der Waals surface area contributed by atoms with Crippen LogP contribution in [0.3, 0.4) is 0 Å². The minimum atomic E-state index is 0.359. The van der Waals surface area contributed by atoms with Crippen molar-refractivity contribution in [2.45, 2.75) is 38.6 Å². The zero-order chi connectivity index (χ0) is 14.7. The Labute approximate surface area is 124 Å². The smallest absolute Gasteiger partial charge is 0.230 e. The molecule has 2 unspecified atom stereocenters. The second-order valence-electron chi connectivity index (χ2n) is 5.49. The standard InChI is InChI=1S/C16H21N3O2/c1-3-20-14-6-4-5-12(10-14)15-18-16(21-19-15)13-7-8-17-11(2)9-13/h4-6,10-11,13,17H,3,7-9H2,1-2H3. The summed E-state index contributed by atoms with van der Waals surface area (Å²) in [5, 5.41) is 7.56. The van der Waals surface area contributed by atoms with Gasteiger partial charge in [-0.15, -0.1) is 0 Å². The van der Waals surface area contributed by atoms with Crippen LogP contribution in [0.15, 0.2) is 28.8 Å². The van der Waals surface area contributed by atoms with E-state index in [1.54, 1.807) is 0 Å². The first-order valence-corrected chi connectivity index (χ1v) is 7.56. The van der Waals surface area contributed by atoms with Crippen molar-refractivity contribution >= 4 is 0 Å². The summed E-state index contributed by atoms with van der Waals surface area (Å²) in [6.07, 6.45) is 2.09. The molecule has 2 heterocycles. The van der Waals surface area contributed by atoms with Crippen LogP contribution < -0.4 is 10.1 Å². The van der Waals surface area contributed by atoms with E-state index in [0.717, 1.165) is 36.6 Å². The summed E-state index contributed by atoms with van der Waals surface area (Å²) in [5.41, 5.74) is 0.929. The van der Waals surface area contributed by atoms with Crippen LogP contribution in [0.4, 0.5) is 0 Å². The van der Waals surface area contributed by atoms with Crippen molar-refractivity contribution in [1.29, 1.82) is 0 Å². The Bertz CT molecular complexity index is 597. The van der Waals surface area contributed by atoms with Crippen LogP contribution in [-0.2, 0) is 0 Å². The van der Waals surface area contributed by atoms with Gasteiger partial charge in [0.15, 0.2) is 0 Å². The lowest BCUT2D eigenvalue weighted by Crippen LogP contribution is -2.34. The van der Waals surface area contributed by atoms with Crippen LogP contribution in [0.1, 0.15) is 38.5 Å². The predicted octanol–water partition coefficient (Wildman–Crippen LogP) is 2.99. The highest BCUT2D eigenvalue weighted by atomic mass is 16.5. The minimum absolute atomic E-state index is 0.359. The maximum Gasteiger partial charge on any atom is 0.230 e. The van der Waals surface area contributed by atoms with E-state index in [2.05, 4.69) is 22.4 Å². The maximum absolute atomic E-state index is 5.51. The molecule has 1 aromatic heterocycles. The van der Waals surface area contributed by atoms with Crippen molar-refractivity contribution in [3.8, 4) is 17.1 Å². The molecule has 1 fully saturated rings. The number of hydrogen-bond acceptors (Lipinski definition) is 5. The van der Waals surface area contributed by atoms with Crippen molar-refractivity contribution in [2.75, 3.05) is 13.2 Å². The van der Waals surface area contributed by atoms with Crippen molar-refractivity contribution < 1.29 is 9.26 Å². The van der Waals surface area contributed by atoms with Crippen LogP contribution in [0.5, 0.6) is 5.75 Å². The van der Waals surface area contributed by atoms with Gasteiger partial charge < -0.3 is 14.6 Å². The molecule has 0 bridgehead atoms. The molecular formula is C16H21N3O2. The van der Waals surface area contributed by atoms with Gasteiger partial charge in [0.25, 0.3) is 0 Å². The molecule has 112 valence electrons. The number of benzene rings is 1. The molecule has 2 atom stereocenters. The normalized spacial score (nSPS) is 22.2. The zero-order valence-electron chi connectivity index (χ0n) is 12.5. The maximum atomic E-state index is 5.51. The fraction of sp³-hybridized carbons (Fsp3) is 0.500. The molecule has 0 saturated carbocycles. The Kier molecular flexibility index (Phi) is 4.20. The molecule has 1 aliphatic heterocycles. The molecule has 1 aliphatic rings. The highest BCUT2D eigenvalue weighted by molar-refractivity contribution is 5.56. The van der Waals surface area contributed by atoms with Crippen LogP contribution >= 0.6 is 0 Å². The fourth-order valence-corrected chi connectivity index (χ4v) is 2.77. The molecule has 0 radical (unpaired) electrons. The number of piperidine rings is 1. The van der Waals surface area contributed by atoms with Crippen LogP contribution in [-0.4, -0.2) is 29.3 Å². The molecular weight excluding hydrogens is 266 g/mol. The van der Waals surface area contributed by atoms with Crippen LogP contribution in [0.2, 0.25) is 0 Å². The van der Waals surface area contributed by atoms with E-state index in [1.165, 1.54) is 0 Å². The molecule has 0 spiro atoms. The SMILES string of the molecule is CCOc1cccc(-c2noc(C3CCNC(C)C3)n2)c1. The number of nitrogens with one attached hydrogen (secondary N) is 1. The Balaban J connectivity index is 1.79. The minimum Gasteiger partial charge on any atom is -0.494 e. The quantitative estimate of drug-likeness (QED) is 0.936. The summed E-state index contributed by atoms with van der Waals surface area (Å²) in [5.74, 6) is 2.58. The molecule has 5 nitrogen and oxygen atoms in total. The molecule has 0 aliphatic carbocycles. The average molecular weight is 287 g/mol. The number of nitrogens with zero attached hydrogens (tertiary/aromatic N) is 2. The number of ether oxygens (including phenoxy) is 1. The summed E-state index contributed by atoms with van der Waals surface area (Å²) in [4.78, 5) is 4.58. The average Bonchev–Trinajstić information content (AvgIpc) is 2.98. The lowest BCUT2D eigenvalue weighted by molar-refractivity contribution is 0.295. The molecule has 3 rings (SSSR count). The lowest BCUT2D eigenvalue weighted by Gasteiger charge is -2.25. The van der Waals surface area contributed by atoms with E-state index in [1.807, 2.05) is 31.2 Å². The molecule has 1 aromatic carbocycles. The van der Waals surface area contributed by atoms with E-state index >= 15 is 0 Å². The Morgan fingerprint density at radius 1 is 1.43 bits per heavy atom. The Morgan fingerprint density at radius 3 is 3.14 bits per heavy atom. The molecule has 21 heavy (non-hydrogen) atoms. The van der Waals surface area contributed by atoms with Gasteiger partial charge in [0, 0.05) is 17.5 Å². The topological polar surface area (TPSA) is 60.2 Å². The van der Waals surface area contributed by atoms with Gasteiger partial charge >= 0.3 is 0 Å². The first kappa shape index (κ1) is 14.1. The first-order valence-electron chi connectivity index (χ1n) is 7.56. The van der Waals surface area contributed by atoms with E-state index in [9.17, 15) is 0 Å². The summed E-state index contributed by atoms with van der Waals surface area (Å²) >= 11 is 0. The van der Waals surface area contributed by atoms with E-state index in [0.29, 0.717) is 24.4 Å². The van der Waals surface area contributed by atoms with Crippen molar-refractivity contribution in [3.63, 3.8) is 0 Å². The molecule has 5 heteroatoms. The highest BCUT2D eigenvalue weighted by Crippen LogP contribution is 2.29. The van der Waals surface area contributed by atoms with Crippen LogP contribution in [0.25, 0.3) is 11.4 Å². The van der Waals surface area contributed by atoms with Gasteiger partial charge in [0.05, 0.1) is 6.61 Å². The van der Waals surface area contributed by atoms with Gasteiger partial charge in [0.1, 0.15) is 5.75 Å². The first-order chi connectivity index (χ1) is 10.3. The van der Waals surface area contributed by atoms with E-state index in [4.69, 9.17) is 9.26 Å². The fourth-order valence-electron chi connectivity index (χ4n) is 2.77. The van der Waals surface area contributed by atoms with Crippen LogP contribution in [0, 0.1) is 0 Å².